The van der Waals surface area contributed by atoms with Crippen LogP contribution in [-0.4, -0.2) is 178 Å². The molecule has 0 bridgehead atoms. The van der Waals surface area contributed by atoms with Gasteiger partial charge in [0.1, 0.15) is 42.3 Å². The van der Waals surface area contributed by atoms with Gasteiger partial charge < -0.3 is 79.5 Å². The number of carbonyl (C=O) groups is 12. The molecule has 2 aliphatic heterocycles. The largest absolute Gasteiger partial charge is 0.481 e. The molecule has 0 aromatic heterocycles. The van der Waals surface area contributed by atoms with E-state index in [1.807, 2.05) is 0 Å². The van der Waals surface area contributed by atoms with E-state index in [0.717, 1.165) is 0 Å². The van der Waals surface area contributed by atoms with Crippen molar-refractivity contribution in [2.75, 3.05) is 32.7 Å². The Labute approximate surface area is 411 Å². The number of aliphatic hydroxyl groups excluding tert-OH is 1. The summed E-state index contributed by atoms with van der Waals surface area (Å²) in [4.78, 5) is 156. The van der Waals surface area contributed by atoms with Gasteiger partial charge >= 0.3 is 11.9 Å². The van der Waals surface area contributed by atoms with Crippen molar-refractivity contribution in [2.24, 2.45) is 23.3 Å². The van der Waals surface area contributed by atoms with Crippen LogP contribution in [0.4, 0.5) is 0 Å². The predicted octanol–water partition coefficient (Wildman–Crippen LogP) is -5.09. The van der Waals surface area contributed by atoms with Gasteiger partial charge in [-0.3, -0.25) is 52.7 Å². The number of aliphatic carboxylic acids is 2. The fourth-order valence-corrected chi connectivity index (χ4v) is 7.74. The van der Waals surface area contributed by atoms with E-state index in [0.29, 0.717) is 32.2 Å². The third kappa shape index (κ3) is 21.6. The summed E-state index contributed by atoms with van der Waals surface area (Å²) in [5, 5.41) is 51.1. The molecule has 0 aliphatic carbocycles. The molecule has 16 N–H and O–H groups in total. The average Bonchev–Trinajstić information content (AvgIpc) is 3.74. The van der Waals surface area contributed by atoms with Crippen molar-refractivity contribution in [3.8, 4) is 0 Å². The Bertz CT molecular complexity index is 1920. The number of likely N-dealkylation sites (tertiary alicyclic amines) is 1. The number of carbonyl (C=O) groups excluding carboxylic acids is 10. The molecule has 10 amide bonds. The summed E-state index contributed by atoms with van der Waals surface area (Å²) in [5.41, 5.74) is 10.8. The van der Waals surface area contributed by atoms with Crippen molar-refractivity contribution in [3.63, 3.8) is 0 Å². The molecule has 2 fully saturated rings. The number of nitrogens with two attached hydrogens (primary N) is 2. The van der Waals surface area contributed by atoms with Crippen LogP contribution in [0.2, 0.25) is 0 Å². The van der Waals surface area contributed by atoms with Crippen LogP contribution in [0.15, 0.2) is 0 Å². The highest BCUT2D eigenvalue weighted by molar-refractivity contribution is 5.98. The Kier molecular flexibility index (Phi) is 25.9. The molecule has 2 heterocycles. The Morgan fingerprint density at radius 2 is 1.34 bits per heavy atom. The van der Waals surface area contributed by atoms with Crippen molar-refractivity contribution < 1.29 is 72.9 Å². The maximum Gasteiger partial charge on any atom is 0.326 e. The lowest BCUT2D eigenvalue weighted by atomic mass is 9.99. The number of β-amino-alcohol motifs (C(OH)–C–C–N with tert-alkyl or cyclic N) is 1. The number of aliphatic hydroxyl groups is 1. The van der Waals surface area contributed by atoms with Crippen LogP contribution in [0.3, 0.4) is 0 Å². The lowest BCUT2D eigenvalue weighted by Crippen LogP contribution is -2.60. The molecule has 2 rings (SSSR count). The normalized spacial score (nSPS) is 19.1. The first-order chi connectivity index (χ1) is 33.3. The van der Waals surface area contributed by atoms with Gasteiger partial charge in [0.15, 0.2) is 0 Å². The smallest absolute Gasteiger partial charge is 0.326 e. The molecule has 2 aliphatic rings. The molecule has 0 saturated carbocycles. The van der Waals surface area contributed by atoms with E-state index in [1.165, 1.54) is 25.7 Å². The second kappa shape index (κ2) is 30.3. The zero-order valence-electron chi connectivity index (χ0n) is 41.0. The number of hydrogen-bond donors (Lipinski definition) is 14. The standard InChI is InChI=1S/C44H74N12O15/c1-22(2)16-29(40(66)50-24(5)37(63)49-21-34(60)56-15-9-7-11-31(56)42(68)52-27(44(70)71)10-6-8-14-45)54-43(69)36(23(3)4)55-41(67)30(18-35(61)62)53-39(65)26(12-13-32(46)58)51-33(59)20-48-38(64)28-17-25(57)19-47-28/h22-31,36,47,57H,6-21,45H2,1-5H3,(H2,46,58)(H,48,64)(H,49,63)(H,50,66)(H,51,59)(H,52,68)(H,53,65)(H,54,69)(H,55,67)(H,61,62)(H,70,71)/t24-,25+,26-,27-,28-,29-,30-,31-,36-/m0/s1. The van der Waals surface area contributed by atoms with E-state index in [2.05, 4.69) is 47.9 Å². The minimum absolute atomic E-state index is 0.0394. The molecule has 9 atom stereocenters. The molecule has 0 aromatic carbocycles. The average molecular weight is 1010 g/mol. The van der Waals surface area contributed by atoms with Crippen molar-refractivity contribution in [3.05, 3.63) is 0 Å². The van der Waals surface area contributed by atoms with Gasteiger partial charge in [0.2, 0.25) is 59.1 Å². The molecular weight excluding hydrogens is 937 g/mol. The predicted molar refractivity (Wildman–Crippen MR) is 251 cm³/mol. The van der Waals surface area contributed by atoms with E-state index >= 15 is 0 Å². The van der Waals surface area contributed by atoms with E-state index in [-0.39, 0.29) is 51.1 Å². The third-order valence-electron chi connectivity index (χ3n) is 11.6. The van der Waals surface area contributed by atoms with Gasteiger partial charge in [-0.25, -0.2) is 4.79 Å². The van der Waals surface area contributed by atoms with Gasteiger partial charge in [-0.05, 0) is 83.1 Å². The van der Waals surface area contributed by atoms with Crippen LogP contribution in [0.1, 0.15) is 105 Å². The summed E-state index contributed by atoms with van der Waals surface area (Å²) >= 11 is 0. The number of nitrogens with zero attached hydrogens (tertiary/aromatic N) is 1. The van der Waals surface area contributed by atoms with E-state index in [1.54, 1.807) is 13.8 Å². The van der Waals surface area contributed by atoms with E-state index in [4.69, 9.17) is 11.5 Å². The molecule has 71 heavy (non-hydrogen) atoms. The zero-order valence-corrected chi connectivity index (χ0v) is 41.0. The lowest BCUT2D eigenvalue weighted by molar-refractivity contribution is -0.146. The van der Waals surface area contributed by atoms with Crippen molar-refractivity contribution >= 4 is 71.0 Å². The minimum atomic E-state index is -1.85. The van der Waals surface area contributed by atoms with Crippen LogP contribution in [0.25, 0.3) is 0 Å². The molecule has 27 nitrogen and oxygen atoms in total. The molecule has 400 valence electrons. The van der Waals surface area contributed by atoms with Gasteiger partial charge in [-0.15, -0.1) is 0 Å². The number of unbranched alkanes of at least 4 members (excludes halogenated alkanes) is 1. The van der Waals surface area contributed by atoms with E-state index in [9.17, 15) is 72.9 Å². The van der Waals surface area contributed by atoms with Gasteiger partial charge in [0.25, 0.3) is 0 Å². The fraction of sp³-hybridized carbons (Fsp3) is 0.727. The third-order valence-corrected chi connectivity index (χ3v) is 11.6. The van der Waals surface area contributed by atoms with Crippen LogP contribution in [0.5, 0.6) is 0 Å². The molecule has 2 saturated heterocycles. The molecule has 0 aromatic rings. The first-order valence-corrected chi connectivity index (χ1v) is 23.8. The highest BCUT2D eigenvalue weighted by Gasteiger charge is 2.37. The van der Waals surface area contributed by atoms with Gasteiger partial charge in [-0.1, -0.05) is 27.7 Å². The maximum atomic E-state index is 13.8. The Balaban J connectivity index is 2.12. The summed E-state index contributed by atoms with van der Waals surface area (Å²) in [7, 11) is 0. The van der Waals surface area contributed by atoms with Crippen LogP contribution < -0.4 is 59.3 Å². The molecule has 0 unspecified atom stereocenters. The number of piperidine rings is 1. The molecule has 27 heteroatoms. The molecule has 0 radical (unpaired) electrons. The number of hydrogen-bond acceptors (Lipinski definition) is 15. The fourth-order valence-electron chi connectivity index (χ4n) is 7.74. The quantitative estimate of drug-likeness (QED) is 0.0299. The number of carboxylic acid groups (broad SMARTS) is 2. The van der Waals surface area contributed by atoms with Gasteiger partial charge in [-0.2, -0.15) is 0 Å². The topological polar surface area (TPSA) is 429 Å². The molecule has 0 spiro atoms. The van der Waals surface area contributed by atoms with Crippen LogP contribution in [0, 0.1) is 11.8 Å². The number of primary amides is 1. The van der Waals surface area contributed by atoms with E-state index < -0.39 is 157 Å². The minimum Gasteiger partial charge on any atom is -0.481 e. The van der Waals surface area contributed by atoms with Gasteiger partial charge in [0, 0.05) is 19.5 Å². The number of amides is 10. The summed E-state index contributed by atoms with van der Waals surface area (Å²) in [6.45, 7) is 7.44. The Morgan fingerprint density at radius 1 is 0.690 bits per heavy atom. The lowest BCUT2D eigenvalue weighted by Gasteiger charge is -2.35. The van der Waals surface area contributed by atoms with Crippen molar-refractivity contribution in [2.45, 2.75) is 160 Å². The highest BCUT2D eigenvalue weighted by Crippen LogP contribution is 2.18. The molecular formula is C44H74N12O15. The first kappa shape index (κ1) is 60.6. The highest BCUT2D eigenvalue weighted by atomic mass is 16.4. The van der Waals surface area contributed by atoms with Crippen molar-refractivity contribution in [1.29, 1.82) is 0 Å². The van der Waals surface area contributed by atoms with Crippen LogP contribution in [-0.2, 0) is 57.5 Å². The SMILES string of the molecule is CC(C)C[C@H](NC(=O)[C@@H](NC(=O)[C@H](CC(=O)O)NC(=O)[C@H](CCC(N)=O)NC(=O)CNC(=O)[C@@H]1C[C@@H](O)CN1)C(C)C)C(=O)N[C@@H](C)C(=O)NCC(=O)N1CCCC[C@H]1C(=O)N[C@@H](CCCCN)C(=O)O. The monoisotopic (exact) mass is 1010 g/mol. The Hall–Kier alpha value is -6.48. The second-order valence-corrected chi connectivity index (χ2v) is 18.5. The number of nitrogens with one attached hydrogen (secondary N) is 9. The van der Waals surface area contributed by atoms with Crippen LogP contribution >= 0.6 is 0 Å². The van der Waals surface area contributed by atoms with Gasteiger partial charge in [0.05, 0.1) is 31.7 Å². The summed E-state index contributed by atoms with van der Waals surface area (Å²) < 4.78 is 0. The second-order valence-electron chi connectivity index (χ2n) is 18.5. The summed E-state index contributed by atoms with van der Waals surface area (Å²) in [5.74, 6) is -12.0. The number of carboxylic acids is 2. The maximum absolute atomic E-state index is 13.8. The summed E-state index contributed by atoms with van der Waals surface area (Å²) in [6.07, 6.45) is 0.201. The number of rotatable bonds is 30. The zero-order chi connectivity index (χ0) is 53.5. The van der Waals surface area contributed by atoms with Crippen molar-refractivity contribution in [1.82, 2.24) is 52.8 Å². The summed E-state index contributed by atoms with van der Waals surface area (Å²) in [6, 6.07) is -10.3. The first-order valence-electron chi connectivity index (χ1n) is 23.8. The Morgan fingerprint density at radius 3 is 1.92 bits per heavy atom.